The maximum absolute atomic E-state index is 12.9. The van der Waals surface area contributed by atoms with Crippen LogP contribution in [0.15, 0.2) is 46.7 Å². The van der Waals surface area contributed by atoms with Gasteiger partial charge in [0, 0.05) is 12.0 Å². The molecular formula is C21H24N4O5S. The minimum absolute atomic E-state index is 0.0173. The fraction of sp³-hybridized carbons (Fsp3) is 0.429. The molecule has 0 radical (unpaired) electrons. The van der Waals surface area contributed by atoms with Gasteiger partial charge in [-0.15, -0.1) is 0 Å². The Bertz CT molecular complexity index is 1060. The van der Waals surface area contributed by atoms with Crippen LogP contribution in [0, 0.1) is 0 Å². The number of ether oxygens (including phenoxy) is 1. The van der Waals surface area contributed by atoms with Gasteiger partial charge in [-0.25, -0.2) is 13.4 Å². The highest BCUT2D eigenvalue weighted by Gasteiger charge is 2.36. The van der Waals surface area contributed by atoms with Crippen molar-refractivity contribution in [2.24, 2.45) is 5.16 Å². The van der Waals surface area contributed by atoms with Gasteiger partial charge in [-0.1, -0.05) is 24.2 Å². The third-order valence-corrected chi connectivity index (χ3v) is 7.40. The number of nitrogens with one attached hydrogen (secondary N) is 1. The molecule has 1 atom stereocenters. The van der Waals surface area contributed by atoms with Crippen molar-refractivity contribution in [3.05, 3.63) is 47.9 Å². The summed E-state index contributed by atoms with van der Waals surface area (Å²) in [6.07, 6.45) is 5.63. The summed E-state index contributed by atoms with van der Waals surface area (Å²) in [6, 6.07) is 6.13. The molecule has 1 aromatic heterocycles. The lowest BCUT2D eigenvalue weighted by Crippen LogP contribution is -2.26. The van der Waals surface area contributed by atoms with Crippen LogP contribution in [0.2, 0.25) is 0 Å². The van der Waals surface area contributed by atoms with Crippen molar-refractivity contribution in [1.82, 2.24) is 9.97 Å². The van der Waals surface area contributed by atoms with Crippen LogP contribution in [0.1, 0.15) is 37.4 Å². The average molecular weight is 445 g/mol. The molecule has 31 heavy (non-hydrogen) atoms. The normalized spacial score (nSPS) is 19.3. The summed E-state index contributed by atoms with van der Waals surface area (Å²) in [5, 5.41) is 6.44. The highest BCUT2D eigenvalue weighted by atomic mass is 32.2. The maximum Gasteiger partial charge on any atom is 0.279 e. The average Bonchev–Trinajstić information content (AvgIpc) is 3.52. The minimum atomic E-state index is -3.32. The van der Waals surface area contributed by atoms with Gasteiger partial charge in [0.05, 0.1) is 41.4 Å². The summed E-state index contributed by atoms with van der Waals surface area (Å²) >= 11 is 0. The van der Waals surface area contributed by atoms with Gasteiger partial charge in [0.1, 0.15) is 0 Å². The molecule has 1 saturated heterocycles. The predicted molar refractivity (Wildman–Crippen MR) is 114 cm³/mol. The lowest BCUT2D eigenvalue weighted by Gasteiger charge is -2.11. The van der Waals surface area contributed by atoms with Crippen molar-refractivity contribution in [3.63, 3.8) is 0 Å². The molecule has 4 rings (SSSR count). The predicted octanol–water partition coefficient (Wildman–Crippen LogP) is 2.12. The van der Waals surface area contributed by atoms with Gasteiger partial charge >= 0.3 is 0 Å². The molecule has 1 aliphatic heterocycles. The molecule has 1 saturated carbocycles. The maximum atomic E-state index is 12.9. The summed E-state index contributed by atoms with van der Waals surface area (Å²) in [5.74, 6) is -0.248. The first-order valence-corrected chi connectivity index (χ1v) is 11.8. The van der Waals surface area contributed by atoms with Crippen molar-refractivity contribution in [2.45, 2.75) is 48.9 Å². The molecular weight excluding hydrogens is 420 g/mol. The number of carbonyl (C=O) groups excluding carboxylic acids is 1. The summed E-state index contributed by atoms with van der Waals surface area (Å²) < 4.78 is 30.2. The van der Waals surface area contributed by atoms with Gasteiger partial charge < -0.3 is 14.9 Å². The Morgan fingerprint density at radius 1 is 1.19 bits per heavy atom. The Morgan fingerprint density at radius 2 is 1.97 bits per heavy atom. The monoisotopic (exact) mass is 444 g/mol. The summed E-state index contributed by atoms with van der Waals surface area (Å²) in [5.41, 5.74) is 1.26. The third-order valence-electron chi connectivity index (χ3n) is 5.12. The van der Waals surface area contributed by atoms with Crippen LogP contribution in [-0.4, -0.2) is 54.6 Å². The highest BCUT2D eigenvalue weighted by molar-refractivity contribution is 7.92. The van der Waals surface area contributed by atoms with Crippen molar-refractivity contribution >= 4 is 27.3 Å². The van der Waals surface area contributed by atoms with Crippen LogP contribution >= 0.6 is 0 Å². The van der Waals surface area contributed by atoms with E-state index in [2.05, 4.69) is 20.4 Å². The van der Waals surface area contributed by atoms with Crippen LogP contribution in [-0.2, 0) is 30.6 Å². The van der Waals surface area contributed by atoms with E-state index in [1.807, 2.05) is 6.92 Å². The standard InChI is InChI=1S/C21H24N4O5S/c1-2-15-11-23-19(12-22-15)24-21(26)20(25-30-16-9-10-29-13-16)14-3-5-17(6-4-14)31(27,28)18-7-8-18/h3-6,11-12,16,18H,2,7-10,13H2,1H3,(H,23,24,26)/t16-/m1/s1. The largest absolute Gasteiger partial charge is 0.389 e. The SMILES string of the molecule is CCc1cnc(NC(=O)C(=NO[C@@H]2CCOC2)c2ccc(S(=O)(=O)C3CC3)cc2)cn1. The zero-order chi connectivity index (χ0) is 21.8. The number of rotatable bonds is 8. The first kappa shape index (κ1) is 21.4. The molecule has 2 aromatic rings. The molecule has 1 N–H and O–H groups in total. The molecule has 0 spiro atoms. The zero-order valence-electron chi connectivity index (χ0n) is 17.2. The van der Waals surface area contributed by atoms with E-state index in [9.17, 15) is 13.2 Å². The highest BCUT2D eigenvalue weighted by Crippen LogP contribution is 2.33. The van der Waals surface area contributed by atoms with Gasteiger partial charge in [0.2, 0.25) is 0 Å². The minimum Gasteiger partial charge on any atom is -0.389 e. The number of anilines is 1. The van der Waals surface area contributed by atoms with Gasteiger partial charge in [-0.2, -0.15) is 0 Å². The fourth-order valence-electron chi connectivity index (χ4n) is 3.10. The lowest BCUT2D eigenvalue weighted by atomic mass is 10.1. The van der Waals surface area contributed by atoms with E-state index >= 15 is 0 Å². The van der Waals surface area contributed by atoms with Gasteiger partial charge in [0.25, 0.3) is 5.91 Å². The van der Waals surface area contributed by atoms with E-state index in [-0.39, 0.29) is 27.8 Å². The van der Waals surface area contributed by atoms with E-state index in [4.69, 9.17) is 9.57 Å². The second-order valence-corrected chi connectivity index (χ2v) is 9.73. The molecule has 2 aliphatic rings. The van der Waals surface area contributed by atoms with E-state index in [0.717, 1.165) is 12.1 Å². The lowest BCUT2D eigenvalue weighted by molar-refractivity contribution is -0.110. The molecule has 0 unspecified atom stereocenters. The van der Waals surface area contributed by atoms with Crippen molar-refractivity contribution in [3.8, 4) is 0 Å². The molecule has 1 amide bonds. The second kappa shape index (κ2) is 9.11. The number of hydrogen-bond donors (Lipinski definition) is 1. The Morgan fingerprint density at radius 3 is 2.55 bits per heavy atom. The van der Waals surface area contributed by atoms with Crippen LogP contribution in [0.25, 0.3) is 0 Å². The fourth-order valence-corrected chi connectivity index (χ4v) is 4.76. The van der Waals surface area contributed by atoms with Crippen molar-refractivity contribution in [1.29, 1.82) is 0 Å². The Hall–Kier alpha value is -2.85. The summed E-state index contributed by atoms with van der Waals surface area (Å²) in [4.78, 5) is 27.1. The first-order valence-electron chi connectivity index (χ1n) is 10.3. The molecule has 0 bridgehead atoms. The number of amides is 1. The number of benzene rings is 1. The second-order valence-electron chi connectivity index (χ2n) is 7.50. The number of aryl methyl sites for hydroxylation is 1. The molecule has 2 fully saturated rings. The van der Waals surface area contributed by atoms with E-state index in [1.54, 1.807) is 18.3 Å². The zero-order valence-corrected chi connectivity index (χ0v) is 18.0. The van der Waals surface area contributed by atoms with Crippen LogP contribution in [0.5, 0.6) is 0 Å². The van der Waals surface area contributed by atoms with Gasteiger partial charge in [-0.3, -0.25) is 9.78 Å². The number of hydrogen-bond acceptors (Lipinski definition) is 8. The number of oxime groups is 1. The number of nitrogens with zero attached hydrogens (tertiary/aromatic N) is 3. The number of aromatic nitrogens is 2. The van der Waals surface area contributed by atoms with Gasteiger partial charge in [-0.05, 0) is 31.4 Å². The molecule has 2 heterocycles. The summed E-state index contributed by atoms with van der Waals surface area (Å²) in [6.45, 7) is 2.94. The van der Waals surface area contributed by atoms with Crippen LogP contribution in [0.3, 0.4) is 0 Å². The topological polar surface area (TPSA) is 120 Å². The summed E-state index contributed by atoms with van der Waals surface area (Å²) in [7, 11) is -3.32. The third kappa shape index (κ3) is 5.08. The quantitative estimate of drug-likeness (QED) is 0.489. The van der Waals surface area contributed by atoms with Crippen molar-refractivity contribution in [2.75, 3.05) is 18.5 Å². The first-order chi connectivity index (χ1) is 15.0. The number of carbonyl (C=O) groups is 1. The Labute approximate surface area is 180 Å². The van der Waals surface area contributed by atoms with Crippen LogP contribution < -0.4 is 5.32 Å². The molecule has 1 aliphatic carbocycles. The number of sulfone groups is 1. The smallest absolute Gasteiger partial charge is 0.279 e. The van der Waals surface area contributed by atoms with Crippen LogP contribution in [0.4, 0.5) is 5.82 Å². The molecule has 1 aromatic carbocycles. The van der Waals surface area contributed by atoms with E-state index in [1.165, 1.54) is 18.3 Å². The molecule has 10 heteroatoms. The Kier molecular flexibility index (Phi) is 6.28. The molecule has 164 valence electrons. The molecule has 9 nitrogen and oxygen atoms in total. The van der Waals surface area contributed by atoms with Crippen molar-refractivity contribution < 1.29 is 22.8 Å². The Balaban J connectivity index is 1.57. The van der Waals surface area contributed by atoms with E-state index < -0.39 is 15.7 Å². The van der Waals surface area contributed by atoms with Gasteiger partial charge in [0.15, 0.2) is 27.5 Å². The van der Waals surface area contributed by atoms with E-state index in [0.29, 0.717) is 38.0 Å².